The fourth-order valence-electron chi connectivity index (χ4n) is 5.55. The minimum absolute atomic E-state index is 0.00664. The first kappa shape index (κ1) is 12.3. The molecule has 4 bridgehead atoms. The van der Waals surface area contributed by atoms with Crippen LogP contribution in [-0.4, -0.2) is 5.54 Å². The van der Waals surface area contributed by atoms with Crippen molar-refractivity contribution in [1.29, 1.82) is 0 Å². The van der Waals surface area contributed by atoms with E-state index in [1.54, 1.807) is 12.1 Å². The van der Waals surface area contributed by atoms with Crippen LogP contribution in [0.5, 0.6) is 0 Å². The summed E-state index contributed by atoms with van der Waals surface area (Å²) in [5, 5.41) is 0. The molecule has 0 spiro atoms. The van der Waals surface area contributed by atoms with Crippen molar-refractivity contribution in [1.82, 2.24) is 0 Å². The van der Waals surface area contributed by atoms with Crippen LogP contribution in [-0.2, 0) is 5.41 Å². The molecule has 4 fully saturated rings. The molecule has 2 unspecified atom stereocenters. The van der Waals surface area contributed by atoms with Crippen LogP contribution in [0.3, 0.4) is 0 Å². The quantitative estimate of drug-likeness (QED) is 0.826. The Hall–Kier alpha value is -0.410. The molecule has 4 saturated carbocycles. The van der Waals surface area contributed by atoms with E-state index in [4.69, 9.17) is 5.73 Å². The van der Waals surface area contributed by atoms with Crippen LogP contribution >= 0.6 is 15.9 Å². The maximum absolute atomic E-state index is 14.3. The first-order chi connectivity index (χ1) is 8.98. The SMILES string of the molecule is NC12CC3CC(C1)CC(c1cc(Br)ccc1F)(C3)C2. The fourth-order valence-corrected chi connectivity index (χ4v) is 5.91. The van der Waals surface area contributed by atoms with E-state index in [9.17, 15) is 4.39 Å². The van der Waals surface area contributed by atoms with E-state index in [0.29, 0.717) is 11.8 Å². The predicted molar refractivity (Wildman–Crippen MR) is 77.4 cm³/mol. The lowest BCUT2D eigenvalue weighted by molar-refractivity contribution is -0.0241. The van der Waals surface area contributed by atoms with Gasteiger partial charge >= 0.3 is 0 Å². The van der Waals surface area contributed by atoms with Gasteiger partial charge in [0.05, 0.1) is 0 Å². The molecule has 4 aliphatic rings. The van der Waals surface area contributed by atoms with E-state index in [1.165, 1.54) is 6.42 Å². The van der Waals surface area contributed by atoms with Gasteiger partial charge in [-0.2, -0.15) is 0 Å². The zero-order valence-electron chi connectivity index (χ0n) is 11.0. The summed E-state index contributed by atoms with van der Waals surface area (Å²) in [5.41, 5.74) is 7.48. The molecule has 2 N–H and O–H groups in total. The van der Waals surface area contributed by atoms with Crippen LogP contribution in [0, 0.1) is 17.7 Å². The second kappa shape index (κ2) is 3.82. The summed E-state index contributed by atoms with van der Waals surface area (Å²) >= 11 is 3.49. The lowest BCUT2D eigenvalue weighted by atomic mass is 9.45. The third-order valence-corrected chi connectivity index (χ3v) is 6.10. The van der Waals surface area contributed by atoms with Crippen molar-refractivity contribution in [2.75, 3.05) is 0 Å². The third kappa shape index (κ3) is 1.81. The Kier molecular flexibility index (Phi) is 2.48. The molecule has 102 valence electrons. The first-order valence-electron chi connectivity index (χ1n) is 7.23. The second-order valence-corrected chi connectivity index (χ2v) is 8.14. The highest BCUT2D eigenvalue weighted by Crippen LogP contribution is 2.61. The van der Waals surface area contributed by atoms with Crippen LogP contribution in [0.25, 0.3) is 0 Å². The minimum Gasteiger partial charge on any atom is -0.325 e. The number of nitrogens with two attached hydrogens (primary N) is 1. The summed E-state index contributed by atoms with van der Waals surface area (Å²) in [4.78, 5) is 0. The number of rotatable bonds is 1. The van der Waals surface area contributed by atoms with Gasteiger partial charge in [-0.3, -0.25) is 0 Å². The van der Waals surface area contributed by atoms with Crippen LogP contribution in [0.4, 0.5) is 4.39 Å². The molecule has 5 rings (SSSR count). The van der Waals surface area contributed by atoms with Gasteiger partial charge in [-0.1, -0.05) is 15.9 Å². The fraction of sp³-hybridized carbons (Fsp3) is 0.625. The van der Waals surface area contributed by atoms with Crippen molar-refractivity contribution in [3.8, 4) is 0 Å². The largest absolute Gasteiger partial charge is 0.325 e. The average molecular weight is 324 g/mol. The highest BCUT2D eigenvalue weighted by atomic mass is 79.9. The Morgan fingerprint density at radius 3 is 2.47 bits per heavy atom. The monoisotopic (exact) mass is 323 g/mol. The molecular weight excluding hydrogens is 305 g/mol. The Morgan fingerprint density at radius 2 is 1.84 bits per heavy atom. The van der Waals surface area contributed by atoms with Gasteiger partial charge in [0.1, 0.15) is 5.82 Å². The van der Waals surface area contributed by atoms with Crippen molar-refractivity contribution < 1.29 is 4.39 Å². The first-order valence-corrected chi connectivity index (χ1v) is 8.02. The number of benzene rings is 1. The Bertz CT molecular complexity index is 528. The van der Waals surface area contributed by atoms with Gasteiger partial charge < -0.3 is 5.73 Å². The van der Waals surface area contributed by atoms with E-state index in [1.807, 2.05) is 6.07 Å². The average Bonchev–Trinajstić information content (AvgIpc) is 2.29. The van der Waals surface area contributed by atoms with Gasteiger partial charge in [0.25, 0.3) is 0 Å². The third-order valence-electron chi connectivity index (χ3n) is 5.61. The summed E-state index contributed by atoms with van der Waals surface area (Å²) in [6, 6.07) is 5.38. The molecule has 0 aromatic heterocycles. The molecule has 0 saturated heterocycles. The van der Waals surface area contributed by atoms with Gasteiger partial charge in [-0.15, -0.1) is 0 Å². The highest BCUT2D eigenvalue weighted by Gasteiger charge is 2.57. The molecule has 0 radical (unpaired) electrons. The Morgan fingerprint density at radius 1 is 1.16 bits per heavy atom. The summed E-state index contributed by atoms with van der Waals surface area (Å²) in [6.07, 6.45) is 6.87. The zero-order valence-corrected chi connectivity index (χ0v) is 12.5. The summed E-state index contributed by atoms with van der Waals surface area (Å²) < 4.78 is 15.3. The van der Waals surface area contributed by atoms with Crippen LogP contribution in [0.1, 0.15) is 44.1 Å². The lowest BCUT2D eigenvalue weighted by Gasteiger charge is -2.61. The predicted octanol–water partition coefficient (Wildman–Crippen LogP) is 4.14. The molecule has 0 amide bonds. The zero-order chi connectivity index (χ0) is 13.3. The Balaban J connectivity index is 1.83. The summed E-state index contributed by atoms with van der Waals surface area (Å²) in [5.74, 6) is 1.38. The topological polar surface area (TPSA) is 26.0 Å². The van der Waals surface area contributed by atoms with E-state index in [2.05, 4.69) is 15.9 Å². The number of hydrogen-bond donors (Lipinski definition) is 1. The van der Waals surface area contributed by atoms with Crippen LogP contribution < -0.4 is 5.73 Å². The number of halogens is 2. The minimum atomic E-state index is -0.0475. The summed E-state index contributed by atoms with van der Waals surface area (Å²) in [7, 11) is 0. The molecule has 3 heteroatoms. The standard InChI is InChI=1S/C16H19BrFN/c17-12-1-2-14(18)13(4-12)15-5-10-3-11(6-15)8-16(19,7-10)9-15/h1-2,4,10-11H,3,5-9,19H2. The van der Waals surface area contributed by atoms with Crippen LogP contribution in [0.15, 0.2) is 22.7 Å². The van der Waals surface area contributed by atoms with Crippen molar-refractivity contribution >= 4 is 15.9 Å². The van der Waals surface area contributed by atoms with Crippen molar-refractivity contribution in [2.45, 2.75) is 49.5 Å². The van der Waals surface area contributed by atoms with Crippen molar-refractivity contribution in [3.05, 3.63) is 34.1 Å². The van der Waals surface area contributed by atoms with E-state index in [-0.39, 0.29) is 16.8 Å². The molecule has 0 heterocycles. The van der Waals surface area contributed by atoms with Gasteiger partial charge in [-0.05, 0) is 74.1 Å². The Labute approximate surface area is 121 Å². The van der Waals surface area contributed by atoms with E-state index >= 15 is 0 Å². The molecule has 1 nitrogen and oxygen atoms in total. The van der Waals surface area contributed by atoms with Gasteiger partial charge in [0.15, 0.2) is 0 Å². The molecule has 19 heavy (non-hydrogen) atoms. The molecular formula is C16H19BrFN. The normalized spacial score (nSPS) is 43.7. The van der Waals surface area contributed by atoms with Crippen molar-refractivity contribution in [3.63, 3.8) is 0 Å². The van der Waals surface area contributed by atoms with Crippen LogP contribution in [0.2, 0.25) is 0 Å². The second-order valence-electron chi connectivity index (χ2n) is 7.23. The molecule has 0 aliphatic heterocycles. The summed E-state index contributed by atoms with van der Waals surface area (Å²) in [6.45, 7) is 0. The molecule has 2 atom stereocenters. The lowest BCUT2D eigenvalue weighted by Crippen LogP contribution is -2.61. The highest BCUT2D eigenvalue weighted by molar-refractivity contribution is 9.10. The molecule has 4 aliphatic carbocycles. The molecule has 1 aromatic rings. The van der Waals surface area contributed by atoms with Gasteiger partial charge in [0, 0.05) is 15.4 Å². The maximum Gasteiger partial charge on any atom is 0.127 e. The molecule has 1 aromatic carbocycles. The van der Waals surface area contributed by atoms with Gasteiger partial charge in [-0.25, -0.2) is 4.39 Å². The number of hydrogen-bond acceptors (Lipinski definition) is 1. The van der Waals surface area contributed by atoms with E-state index < -0.39 is 0 Å². The van der Waals surface area contributed by atoms with Crippen molar-refractivity contribution in [2.24, 2.45) is 17.6 Å². The smallest absolute Gasteiger partial charge is 0.127 e. The van der Waals surface area contributed by atoms with E-state index in [0.717, 1.165) is 42.1 Å². The maximum atomic E-state index is 14.3. The van der Waals surface area contributed by atoms with Gasteiger partial charge in [0.2, 0.25) is 0 Å².